The number of aryl methyl sites for hydroxylation is 2. The molecule has 0 saturated heterocycles. The number of anilines is 1. The molecule has 0 spiro atoms. The molecule has 0 heterocycles. The molecule has 1 aromatic carbocycles. The first-order chi connectivity index (χ1) is 8.25. The monoisotopic (exact) mass is 250 g/mol. The van der Waals surface area contributed by atoms with Gasteiger partial charge >= 0.3 is 5.97 Å². The molecule has 0 bridgehead atoms. The maximum absolute atomic E-state index is 11.7. The molecule has 98 valence electrons. The van der Waals surface area contributed by atoms with Gasteiger partial charge in [-0.25, -0.2) is 4.79 Å². The highest BCUT2D eigenvalue weighted by Crippen LogP contribution is 2.26. The predicted molar refractivity (Wildman–Crippen MR) is 69.6 cm³/mol. The zero-order chi connectivity index (χ0) is 14.0. The minimum Gasteiger partial charge on any atom is -0.480 e. The van der Waals surface area contributed by atoms with Crippen molar-refractivity contribution in [1.82, 2.24) is 0 Å². The summed E-state index contributed by atoms with van der Waals surface area (Å²) in [5, 5.41) is 11.3. The summed E-state index contributed by atoms with van der Waals surface area (Å²) >= 11 is 0. The van der Waals surface area contributed by atoms with E-state index in [0.717, 1.165) is 22.3 Å². The molecule has 0 aliphatic heterocycles. The van der Waals surface area contributed by atoms with Crippen LogP contribution in [0, 0.1) is 27.7 Å². The Morgan fingerprint density at radius 1 is 1.17 bits per heavy atom. The van der Waals surface area contributed by atoms with Gasteiger partial charge in [-0.05, 0) is 49.9 Å². The number of rotatable bonds is 3. The summed E-state index contributed by atoms with van der Waals surface area (Å²) in [4.78, 5) is 22.3. The summed E-state index contributed by atoms with van der Waals surface area (Å²) < 4.78 is 0. The van der Waals surface area contributed by atoms with Gasteiger partial charge < -0.3 is 16.2 Å². The topological polar surface area (TPSA) is 92.4 Å². The van der Waals surface area contributed by atoms with Crippen molar-refractivity contribution in [3.05, 3.63) is 28.3 Å². The Morgan fingerprint density at radius 3 is 2.00 bits per heavy atom. The van der Waals surface area contributed by atoms with Crippen LogP contribution in [0.3, 0.4) is 0 Å². The minimum atomic E-state index is -1.55. The molecule has 0 aromatic heterocycles. The van der Waals surface area contributed by atoms with Crippen LogP contribution in [0.5, 0.6) is 0 Å². The van der Waals surface area contributed by atoms with Crippen LogP contribution >= 0.6 is 0 Å². The fraction of sp³-hybridized carbons (Fsp3) is 0.385. The van der Waals surface area contributed by atoms with E-state index in [9.17, 15) is 9.59 Å². The second-order valence-corrected chi connectivity index (χ2v) is 4.44. The van der Waals surface area contributed by atoms with Gasteiger partial charge in [0.05, 0.1) is 0 Å². The van der Waals surface area contributed by atoms with Crippen LogP contribution in [0.4, 0.5) is 5.69 Å². The Balaban J connectivity index is 3.12. The first-order valence-corrected chi connectivity index (χ1v) is 5.62. The average molecular weight is 250 g/mol. The largest absolute Gasteiger partial charge is 0.480 e. The first-order valence-electron chi connectivity index (χ1n) is 5.62. The van der Waals surface area contributed by atoms with Gasteiger partial charge in [0.15, 0.2) is 6.04 Å². The van der Waals surface area contributed by atoms with Crippen molar-refractivity contribution in [3.8, 4) is 0 Å². The van der Waals surface area contributed by atoms with Crippen molar-refractivity contribution < 1.29 is 14.7 Å². The predicted octanol–water partition coefficient (Wildman–Crippen LogP) is 1.27. The van der Waals surface area contributed by atoms with Crippen LogP contribution < -0.4 is 11.1 Å². The van der Waals surface area contributed by atoms with E-state index in [2.05, 4.69) is 5.32 Å². The van der Waals surface area contributed by atoms with Gasteiger partial charge in [-0.3, -0.25) is 4.79 Å². The molecule has 1 rings (SSSR count). The standard InChI is InChI=1S/C13H18N2O3/c1-6-5-7(2)9(4)11(8(6)3)15-12(16)10(14)13(17)18/h5,10H,14H2,1-4H3,(H,15,16)(H,17,18). The van der Waals surface area contributed by atoms with E-state index >= 15 is 0 Å². The summed E-state index contributed by atoms with van der Waals surface area (Å²) in [6, 6.07) is 0.474. The summed E-state index contributed by atoms with van der Waals surface area (Å²) in [5.74, 6) is -2.05. The second kappa shape index (κ2) is 5.18. The van der Waals surface area contributed by atoms with Gasteiger partial charge in [-0.15, -0.1) is 0 Å². The molecule has 0 aliphatic rings. The van der Waals surface area contributed by atoms with Crippen molar-refractivity contribution in [3.63, 3.8) is 0 Å². The number of benzene rings is 1. The Labute approximate surface area is 106 Å². The molecule has 0 fully saturated rings. The lowest BCUT2D eigenvalue weighted by atomic mass is 9.98. The highest BCUT2D eigenvalue weighted by molar-refractivity contribution is 6.08. The van der Waals surface area contributed by atoms with E-state index in [1.54, 1.807) is 0 Å². The van der Waals surface area contributed by atoms with Crippen molar-refractivity contribution in [2.45, 2.75) is 33.7 Å². The third kappa shape index (κ3) is 2.68. The van der Waals surface area contributed by atoms with E-state index in [1.807, 2.05) is 33.8 Å². The quantitative estimate of drug-likeness (QED) is 0.704. The van der Waals surface area contributed by atoms with Crippen LogP contribution in [0.1, 0.15) is 22.3 Å². The highest BCUT2D eigenvalue weighted by atomic mass is 16.4. The van der Waals surface area contributed by atoms with Crippen LogP contribution in [0.2, 0.25) is 0 Å². The lowest BCUT2D eigenvalue weighted by Gasteiger charge is -2.17. The number of nitrogens with one attached hydrogen (secondary N) is 1. The third-order valence-corrected chi connectivity index (χ3v) is 3.16. The molecular weight excluding hydrogens is 232 g/mol. The fourth-order valence-electron chi connectivity index (χ4n) is 1.72. The molecule has 1 aromatic rings. The van der Waals surface area contributed by atoms with E-state index in [-0.39, 0.29) is 0 Å². The summed E-state index contributed by atoms with van der Waals surface area (Å²) in [5.41, 5.74) is 9.84. The Bertz CT molecular complexity index is 483. The molecule has 1 atom stereocenters. The van der Waals surface area contributed by atoms with Gasteiger partial charge in [0, 0.05) is 5.69 Å². The van der Waals surface area contributed by atoms with Crippen LogP contribution in [0.15, 0.2) is 6.07 Å². The lowest BCUT2D eigenvalue weighted by molar-refractivity contribution is -0.141. The van der Waals surface area contributed by atoms with Crippen molar-refractivity contribution in [2.75, 3.05) is 5.32 Å². The average Bonchev–Trinajstić information content (AvgIpc) is 2.30. The lowest BCUT2D eigenvalue weighted by Crippen LogP contribution is -2.42. The second-order valence-electron chi connectivity index (χ2n) is 4.44. The van der Waals surface area contributed by atoms with Gasteiger partial charge in [-0.2, -0.15) is 0 Å². The smallest absolute Gasteiger partial charge is 0.330 e. The molecule has 5 heteroatoms. The van der Waals surface area contributed by atoms with E-state index in [4.69, 9.17) is 10.8 Å². The molecular formula is C13H18N2O3. The molecule has 0 saturated carbocycles. The molecule has 4 N–H and O–H groups in total. The van der Waals surface area contributed by atoms with Gasteiger partial charge in [0.2, 0.25) is 0 Å². The van der Waals surface area contributed by atoms with Crippen LogP contribution in [-0.4, -0.2) is 23.0 Å². The number of carboxylic acid groups (broad SMARTS) is 1. The van der Waals surface area contributed by atoms with E-state index in [1.165, 1.54) is 0 Å². The van der Waals surface area contributed by atoms with Gasteiger partial charge in [0.25, 0.3) is 5.91 Å². The van der Waals surface area contributed by atoms with Gasteiger partial charge in [0.1, 0.15) is 0 Å². The summed E-state index contributed by atoms with van der Waals surface area (Å²) in [7, 11) is 0. The Kier molecular flexibility index (Phi) is 4.08. The molecule has 18 heavy (non-hydrogen) atoms. The van der Waals surface area contributed by atoms with Gasteiger partial charge in [-0.1, -0.05) is 6.07 Å². The number of hydrogen-bond acceptors (Lipinski definition) is 3. The zero-order valence-corrected chi connectivity index (χ0v) is 11.0. The molecule has 0 aliphatic carbocycles. The van der Waals surface area contributed by atoms with E-state index in [0.29, 0.717) is 5.69 Å². The number of amides is 1. The molecule has 5 nitrogen and oxygen atoms in total. The van der Waals surface area contributed by atoms with Crippen LogP contribution in [0.25, 0.3) is 0 Å². The Morgan fingerprint density at radius 2 is 1.61 bits per heavy atom. The molecule has 1 unspecified atom stereocenters. The number of carboxylic acids is 1. The number of aliphatic carboxylic acids is 1. The first kappa shape index (κ1) is 14.2. The number of hydrogen-bond donors (Lipinski definition) is 3. The summed E-state index contributed by atoms with van der Waals surface area (Å²) in [6.07, 6.45) is 0. The minimum absolute atomic E-state index is 0.647. The summed E-state index contributed by atoms with van der Waals surface area (Å²) in [6.45, 7) is 7.64. The third-order valence-electron chi connectivity index (χ3n) is 3.16. The molecule has 0 radical (unpaired) electrons. The van der Waals surface area contributed by atoms with Crippen LogP contribution in [-0.2, 0) is 9.59 Å². The number of nitrogens with two attached hydrogens (primary N) is 1. The Hall–Kier alpha value is -1.88. The normalized spacial score (nSPS) is 12.1. The maximum Gasteiger partial charge on any atom is 0.330 e. The molecule has 1 amide bonds. The maximum atomic E-state index is 11.7. The van der Waals surface area contributed by atoms with Crippen molar-refractivity contribution in [1.29, 1.82) is 0 Å². The van der Waals surface area contributed by atoms with Crippen molar-refractivity contribution in [2.24, 2.45) is 5.73 Å². The van der Waals surface area contributed by atoms with Crippen molar-refractivity contribution >= 4 is 17.6 Å². The fourth-order valence-corrected chi connectivity index (χ4v) is 1.72. The highest BCUT2D eigenvalue weighted by Gasteiger charge is 2.22. The van der Waals surface area contributed by atoms with E-state index < -0.39 is 17.9 Å². The number of carbonyl (C=O) groups excluding carboxylic acids is 1. The number of carbonyl (C=O) groups is 2. The zero-order valence-electron chi connectivity index (χ0n) is 11.0. The SMILES string of the molecule is Cc1cc(C)c(C)c(NC(=O)C(N)C(=O)O)c1C.